The SMILES string of the molecule is CN=C(NCc1ccc(S(C)(=O)=O)cc1)NCc1ccccn1.I. The van der Waals surface area contributed by atoms with E-state index in [1.54, 1.807) is 37.5 Å². The molecule has 0 spiro atoms. The summed E-state index contributed by atoms with van der Waals surface area (Å²) in [5.41, 5.74) is 1.89. The van der Waals surface area contributed by atoms with Crippen molar-refractivity contribution in [2.75, 3.05) is 13.3 Å². The van der Waals surface area contributed by atoms with Crippen LogP contribution >= 0.6 is 24.0 Å². The Balaban J connectivity index is 0.00000288. The minimum atomic E-state index is -3.16. The number of sulfone groups is 1. The van der Waals surface area contributed by atoms with Crippen molar-refractivity contribution in [2.45, 2.75) is 18.0 Å². The van der Waals surface area contributed by atoms with Crippen molar-refractivity contribution in [3.8, 4) is 0 Å². The predicted molar refractivity (Wildman–Crippen MR) is 106 cm³/mol. The van der Waals surface area contributed by atoms with E-state index in [2.05, 4.69) is 20.6 Å². The van der Waals surface area contributed by atoms with Crippen LogP contribution in [0.15, 0.2) is 58.5 Å². The normalized spacial score (nSPS) is 11.5. The van der Waals surface area contributed by atoms with Gasteiger partial charge in [-0.1, -0.05) is 18.2 Å². The molecule has 2 N–H and O–H groups in total. The van der Waals surface area contributed by atoms with Gasteiger partial charge in [-0.3, -0.25) is 9.98 Å². The molecule has 0 fully saturated rings. The Kier molecular flexibility index (Phi) is 8.13. The van der Waals surface area contributed by atoms with Gasteiger partial charge in [-0.25, -0.2) is 8.42 Å². The maximum Gasteiger partial charge on any atom is 0.191 e. The lowest BCUT2D eigenvalue weighted by Crippen LogP contribution is -2.36. The second kappa shape index (κ2) is 9.58. The number of aliphatic imine (C=N–C) groups is 1. The zero-order valence-electron chi connectivity index (χ0n) is 13.6. The second-order valence-corrected chi connectivity index (χ2v) is 7.03. The molecule has 6 nitrogen and oxygen atoms in total. The zero-order valence-corrected chi connectivity index (χ0v) is 16.7. The maximum atomic E-state index is 11.4. The molecule has 0 aliphatic rings. The molecule has 1 aromatic carbocycles. The zero-order chi connectivity index (χ0) is 16.7. The monoisotopic (exact) mass is 460 g/mol. The number of pyridine rings is 1. The van der Waals surface area contributed by atoms with Crippen molar-refractivity contribution in [3.63, 3.8) is 0 Å². The van der Waals surface area contributed by atoms with Gasteiger partial charge in [0, 0.05) is 26.0 Å². The van der Waals surface area contributed by atoms with Crippen LogP contribution in [0.25, 0.3) is 0 Å². The lowest BCUT2D eigenvalue weighted by Gasteiger charge is -2.12. The van der Waals surface area contributed by atoms with Crippen LogP contribution in [0.5, 0.6) is 0 Å². The number of hydrogen-bond acceptors (Lipinski definition) is 4. The van der Waals surface area contributed by atoms with E-state index in [0.717, 1.165) is 11.3 Å². The van der Waals surface area contributed by atoms with Crippen LogP contribution < -0.4 is 10.6 Å². The topological polar surface area (TPSA) is 83.5 Å². The molecule has 0 bridgehead atoms. The average Bonchev–Trinajstić information content (AvgIpc) is 2.55. The molecule has 0 radical (unpaired) electrons. The molecule has 0 atom stereocenters. The quantitative estimate of drug-likeness (QED) is 0.405. The third-order valence-electron chi connectivity index (χ3n) is 3.20. The summed E-state index contributed by atoms with van der Waals surface area (Å²) in [6.07, 6.45) is 2.94. The van der Waals surface area contributed by atoms with E-state index < -0.39 is 9.84 Å². The van der Waals surface area contributed by atoms with Crippen LogP contribution in [0.3, 0.4) is 0 Å². The van der Waals surface area contributed by atoms with Gasteiger partial charge in [0.2, 0.25) is 0 Å². The molecule has 1 aromatic heterocycles. The van der Waals surface area contributed by atoms with Crippen molar-refractivity contribution in [1.82, 2.24) is 15.6 Å². The third-order valence-corrected chi connectivity index (χ3v) is 4.33. The first kappa shape index (κ1) is 20.4. The number of nitrogens with one attached hydrogen (secondary N) is 2. The van der Waals surface area contributed by atoms with Gasteiger partial charge in [0.1, 0.15) is 0 Å². The molecule has 0 saturated carbocycles. The van der Waals surface area contributed by atoms with Gasteiger partial charge in [-0.2, -0.15) is 0 Å². The van der Waals surface area contributed by atoms with E-state index in [1.165, 1.54) is 6.26 Å². The fourth-order valence-electron chi connectivity index (χ4n) is 1.94. The third kappa shape index (κ3) is 6.44. The summed E-state index contributed by atoms with van der Waals surface area (Å²) in [5.74, 6) is 0.655. The number of aromatic nitrogens is 1. The van der Waals surface area contributed by atoms with Crippen LogP contribution in [0.1, 0.15) is 11.3 Å². The molecular weight excluding hydrogens is 439 g/mol. The lowest BCUT2D eigenvalue weighted by molar-refractivity contribution is 0.602. The van der Waals surface area contributed by atoms with Gasteiger partial charge in [-0.05, 0) is 29.8 Å². The van der Waals surface area contributed by atoms with Crippen molar-refractivity contribution in [2.24, 2.45) is 4.99 Å². The first-order valence-electron chi connectivity index (χ1n) is 7.12. The first-order chi connectivity index (χ1) is 11.0. The average molecular weight is 460 g/mol. The largest absolute Gasteiger partial charge is 0.352 e. The van der Waals surface area contributed by atoms with Gasteiger partial charge in [-0.15, -0.1) is 24.0 Å². The summed E-state index contributed by atoms with van der Waals surface area (Å²) in [4.78, 5) is 8.70. The van der Waals surface area contributed by atoms with Crippen LogP contribution in [0.4, 0.5) is 0 Å². The standard InChI is InChI=1S/C16H20N4O2S.HI/c1-17-16(20-12-14-5-3-4-10-18-14)19-11-13-6-8-15(9-7-13)23(2,21)22;/h3-10H,11-12H2,1-2H3,(H2,17,19,20);1H. The smallest absolute Gasteiger partial charge is 0.191 e. The lowest BCUT2D eigenvalue weighted by atomic mass is 10.2. The molecular formula is C16H21IN4O2S. The molecule has 24 heavy (non-hydrogen) atoms. The molecule has 2 aromatic rings. The Morgan fingerprint density at radius 2 is 1.75 bits per heavy atom. The second-order valence-electron chi connectivity index (χ2n) is 5.02. The summed E-state index contributed by atoms with van der Waals surface area (Å²) in [7, 11) is -1.46. The number of rotatable bonds is 5. The molecule has 0 unspecified atom stereocenters. The molecule has 8 heteroatoms. The summed E-state index contributed by atoms with van der Waals surface area (Å²) in [6.45, 7) is 1.12. The van der Waals surface area contributed by atoms with E-state index >= 15 is 0 Å². The highest BCUT2D eigenvalue weighted by molar-refractivity contribution is 14.0. The van der Waals surface area contributed by atoms with E-state index in [-0.39, 0.29) is 24.0 Å². The Labute approximate surface area is 159 Å². The number of nitrogens with zero attached hydrogens (tertiary/aromatic N) is 2. The van der Waals surface area contributed by atoms with Crippen LogP contribution in [0.2, 0.25) is 0 Å². The molecule has 0 aliphatic carbocycles. The molecule has 0 amide bonds. The molecule has 0 aliphatic heterocycles. The van der Waals surface area contributed by atoms with Crippen molar-refractivity contribution in [1.29, 1.82) is 0 Å². The minimum absolute atomic E-state index is 0. The van der Waals surface area contributed by atoms with Crippen LogP contribution in [-0.2, 0) is 22.9 Å². The fourth-order valence-corrected chi connectivity index (χ4v) is 2.57. The van der Waals surface area contributed by atoms with E-state index in [1.807, 2.05) is 18.2 Å². The number of guanidine groups is 1. The number of hydrogen-bond donors (Lipinski definition) is 2. The minimum Gasteiger partial charge on any atom is -0.352 e. The number of halogens is 1. The highest BCUT2D eigenvalue weighted by atomic mass is 127. The first-order valence-corrected chi connectivity index (χ1v) is 9.01. The predicted octanol–water partition coefficient (Wildman–Crippen LogP) is 1.97. The maximum absolute atomic E-state index is 11.4. The summed E-state index contributed by atoms with van der Waals surface area (Å²) in [5, 5.41) is 6.35. The Morgan fingerprint density at radius 1 is 1.08 bits per heavy atom. The fraction of sp³-hybridized carbons (Fsp3) is 0.250. The van der Waals surface area contributed by atoms with Gasteiger partial charge in [0.05, 0.1) is 17.1 Å². The van der Waals surface area contributed by atoms with Gasteiger partial charge < -0.3 is 10.6 Å². The van der Waals surface area contributed by atoms with E-state index in [0.29, 0.717) is 23.9 Å². The summed E-state index contributed by atoms with van der Waals surface area (Å²) >= 11 is 0. The molecule has 2 rings (SSSR count). The van der Waals surface area contributed by atoms with E-state index in [4.69, 9.17) is 0 Å². The Morgan fingerprint density at radius 3 is 2.29 bits per heavy atom. The van der Waals surface area contributed by atoms with Gasteiger partial charge in [0.15, 0.2) is 15.8 Å². The molecule has 0 saturated heterocycles. The highest BCUT2D eigenvalue weighted by Gasteiger charge is 2.06. The molecule has 1 heterocycles. The highest BCUT2D eigenvalue weighted by Crippen LogP contribution is 2.10. The van der Waals surface area contributed by atoms with Crippen molar-refractivity contribution >= 4 is 39.8 Å². The van der Waals surface area contributed by atoms with E-state index in [9.17, 15) is 8.42 Å². The van der Waals surface area contributed by atoms with Crippen LogP contribution in [-0.4, -0.2) is 32.7 Å². The summed E-state index contributed by atoms with van der Waals surface area (Å²) < 4.78 is 22.9. The van der Waals surface area contributed by atoms with Crippen molar-refractivity contribution in [3.05, 3.63) is 59.9 Å². The molecule has 130 valence electrons. The Hall–Kier alpha value is -1.68. The van der Waals surface area contributed by atoms with Gasteiger partial charge >= 0.3 is 0 Å². The number of benzene rings is 1. The Bertz CT molecular complexity index is 762. The van der Waals surface area contributed by atoms with Gasteiger partial charge in [0.25, 0.3) is 0 Å². The summed E-state index contributed by atoms with van der Waals surface area (Å²) in [6, 6.07) is 12.5. The van der Waals surface area contributed by atoms with Crippen molar-refractivity contribution < 1.29 is 8.42 Å². The van der Waals surface area contributed by atoms with Crippen LogP contribution in [0, 0.1) is 0 Å².